The van der Waals surface area contributed by atoms with Crippen molar-refractivity contribution >= 4 is 15.7 Å². The molecular formula is C23H27N3O6S. The number of amides is 1. The number of piperidine rings is 1. The standard InChI is InChI=1S/C23H27N3O6S/c1-25-21(14-20(24-25)19-13-16(30-2)6-7-22(19)31-3)23(27)26-10-8-18(9-11-26)33(28,29)15-17-5-4-12-32-17/h4-7,12-14,18H,8-11,15H2,1-3H3. The Morgan fingerprint density at radius 1 is 1.15 bits per heavy atom. The largest absolute Gasteiger partial charge is 0.497 e. The third kappa shape index (κ3) is 4.75. The maximum absolute atomic E-state index is 13.2. The summed E-state index contributed by atoms with van der Waals surface area (Å²) in [4.78, 5) is 14.9. The molecule has 0 aliphatic carbocycles. The highest BCUT2D eigenvalue weighted by atomic mass is 32.2. The van der Waals surface area contributed by atoms with Gasteiger partial charge in [0.2, 0.25) is 0 Å². The third-order valence-electron chi connectivity index (χ3n) is 5.94. The van der Waals surface area contributed by atoms with Gasteiger partial charge in [-0.05, 0) is 49.2 Å². The molecule has 0 saturated carbocycles. The van der Waals surface area contributed by atoms with Crippen molar-refractivity contribution in [3.05, 3.63) is 54.1 Å². The van der Waals surface area contributed by atoms with Gasteiger partial charge in [0.1, 0.15) is 28.7 Å². The Labute approximate surface area is 192 Å². The number of sulfone groups is 1. The number of likely N-dealkylation sites (tertiary alicyclic amines) is 1. The van der Waals surface area contributed by atoms with Crippen molar-refractivity contribution in [3.8, 4) is 22.8 Å². The molecule has 1 aromatic carbocycles. The van der Waals surface area contributed by atoms with Gasteiger partial charge >= 0.3 is 0 Å². The van der Waals surface area contributed by atoms with Crippen LogP contribution in [0.3, 0.4) is 0 Å². The molecule has 0 radical (unpaired) electrons. The molecule has 2 aromatic heterocycles. The molecule has 0 N–H and O–H groups in total. The van der Waals surface area contributed by atoms with Gasteiger partial charge in [-0.1, -0.05) is 0 Å². The number of carbonyl (C=O) groups is 1. The Morgan fingerprint density at radius 2 is 1.91 bits per heavy atom. The Hall–Kier alpha value is -3.27. The van der Waals surface area contributed by atoms with Crippen LogP contribution in [0.1, 0.15) is 29.1 Å². The van der Waals surface area contributed by atoms with E-state index >= 15 is 0 Å². The molecule has 4 rings (SSSR count). The zero-order valence-corrected chi connectivity index (χ0v) is 19.7. The van der Waals surface area contributed by atoms with Crippen LogP contribution in [0.5, 0.6) is 11.5 Å². The average Bonchev–Trinajstić information content (AvgIpc) is 3.47. The lowest BCUT2D eigenvalue weighted by molar-refractivity contribution is 0.0714. The highest BCUT2D eigenvalue weighted by molar-refractivity contribution is 7.91. The Bertz CT molecular complexity index is 1230. The van der Waals surface area contributed by atoms with Crippen molar-refractivity contribution in [1.82, 2.24) is 14.7 Å². The molecule has 9 nitrogen and oxygen atoms in total. The minimum absolute atomic E-state index is 0.119. The van der Waals surface area contributed by atoms with Crippen molar-refractivity contribution in [1.29, 1.82) is 0 Å². The summed E-state index contributed by atoms with van der Waals surface area (Å²) in [5.41, 5.74) is 1.73. The number of ether oxygens (including phenoxy) is 2. The van der Waals surface area contributed by atoms with E-state index in [1.54, 1.807) is 56.5 Å². The number of hydrogen-bond acceptors (Lipinski definition) is 7. The van der Waals surface area contributed by atoms with Gasteiger partial charge < -0.3 is 18.8 Å². The van der Waals surface area contributed by atoms with E-state index in [1.807, 2.05) is 6.07 Å². The van der Waals surface area contributed by atoms with E-state index in [0.29, 0.717) is 60.1 Å². The first-order chi connectivity index (χ1) is 15.8. The molecule has 3 aromatic rings. The second-order valence-electron chi connectivity index (χ2n) is 7.98. The Morgan fingerprint density at radius 3 is 2.55 bits per heavy atom. The molecule has 0 spiro atoms. The number of aromatic nitrogens is 2. The molecule has 3 heterocycles. The van der Waals surface area contributed by atoms with E-state index in [1.165, 1.54) is 10.9 Å². The quantitative estimate of drug-likeness (QED) is 0.520. The first-order valence-corrected chi connectivity index (χ1v) is 12.3. The molecule has 1 fully saturated rings. The monoisotopic (exact) mass is 473 g/mol. The van der Waals surface area contributed by atoms with E-state index in [0.717, 1.165) is 0 Å². The summed E-state index contributed by atoms with van der Waals surface area (Å²) in [5.74, 6) is 1.41. The summed E-state index contributed by atoms with van der Waals surface area (Å²) in [7, 11) is 1.52. The topological polar surface area (TPSA) is 104 Å². The van der Waals surface area contributed by atoms with Crippen molar-refractivity contribution < 1.29 is 27.1 Å². The molecule has 0 atom stereocenters. The van der Waals surface area contributed by atoms with E-state index in [4.69, 9.17) is 13.9 Å². The van der Waals surface area contributed by atoms with Gasteiger partial charge in [0, 0.05) is 25.7 Å². The van der Waals surface area contributed by atoms with Crippen LogP contribution in [-0.2, 0) is 22.6 Å². The van der Waals surface area contributed by atoms with Gasteiger partial charge in [0.05, 0.1) is 31.4 Å². The molecule has 33 heavy (non-hydrogen) atoms. The minimum Gasteiger partial charge on any atom is -0.497 e. The number of nitrogens with zero attached hydrogens (tertiary/aromatic N) is 3. The van der Waals surface area contributed by atoms with Crippen LogP contribution in [0.2, 0.25) is 0 Å². The molecule has 1 amide bonds. The second kappa shape index (κ2) is 9.30. The smallest absolute Gasteiger partial charge is 0.272 e. The fraction of sp³-hybridized carbons (Fsp3) is 0.391. The summed E-state index contributed by atoms with van der Waals surface area (Å²) in [6.07, 6.45) is 2.25. The van der Waals surface area contributed by atoms with Gasteiger partial charge in [0.15, 0.2) is 9.84 Å². The third-order valence-corrected chi connectivity index (χ3v) is 8.12. The maximum Gasteiger partial charge on any atom is 0.272 e. The summed E-state index contributed by atoms with van der Waals surface area (Å²) < 4.78 is 42.9. The maximum atomic E-state index is 13.2. The number of aryl methyl sites for hydroxylation is 1. The highest BCUT2D eigenvalue weighted by Crippen LogP contribution is 2.33. The van der Waals surface area contributed by atoms with Gasteiger partial charge in [-0.15, -0.1) is 0 Å². The fourth-order valence-electron chi connectivity index (χ4n) is 4.10. The van der Waals surface area contributed by atoms with Gasteiger partial charge in [-0.3, -0.25) is 9.48 Å². The van der Waals surface area contributed by atoms with Crippen molar-refractivity contribution in [2.75, 3.05) is 27.3 Å². The van der Waals surface area contributed by atoms with Crippen LogP contribution in [-0.4, -0.2) is 61.6 Å². The van der Waals surface area contributed by atoms with E-state index in [2.05, 4.69) is 5.10 Å². The van der Waals surface area contributed by atoms with Gasteiger partial charge in [-0.2, -0.15) is 5.10 Å². The molecule has 10 heteroatoms. The summed E-state index contributed by atoms with van der Waals surface area (Å²) in [6, 6.07) is 10.5. The SMILES string of the molecule is COc1ccc(OC)c(-c2cc(C(=O)N3CCC(S(=O)(=O)Cc4ccco4)CC3)n(C)n2)c1. The molecule has 1 aliphatic heterocycles. The Kier molecular flexibility index (Phi) is 6.46. The molecule has 1 aliphatic rings. The number of hydrogen-bond donors (Lipinski definition) is 0. The zero-order valence-electron chi connectivity index (χ0n) is 18.9. The number of methoxy groups -OCH3 is 2. The van der Waals surface area contributed by atoms with Gasteiger partial charge in [0.25, 0.3) is 5.91 Å². The van der Waals surface area contributed by atoms with Crippen molar-refractivity contribution in [2.24, 2.45) is 7.05 Å². The number of furan rings is 1. The van der Waals surface area contributed by atoms with Crippen LogP contribution in [0.25, 0.3) is 11.3 Å². The predicted octanol–water partition coefficient (Wildman–Crippen LogP) is 2.92. The molecule has 176 valence electrons. The molecule has 1 saturated heterocycles. The Balaban J connectivity index is 1.47. The summed E-state index contributed by atoms with van der Waals surface area (Å²) >= 11 is 0. The predicted molar refractivity (Wildman–Crippen MR) is 122 cm³/mol. The second-order valence-corrected chi connectivity index (χ2v) is 10.3. The summed E-state index contributed by atoms with van der Waals surface area (Å²) in [5, 5.41) is 4.01. The van der Waals surface area contributed by atoms with Gasteiger partial charge in [-0.25, -0.2) is 8.42 Å². The molecule has 0 unspecified atom stereocenters. The van der Waals surface area contributed by atoms with E-state index in [9.17, 15) is 13.2 Å². The van der Waals surface area contributed by atoms with Crippen molar-refractivity contribution in [3.63, 3.8) is 0 Å². The lowest BCUT2D eigenvalue weighted by Crippen LogP contribution is -2.43. The lowest BCUT2D eigenvalue weighted by atomic mass is 10.1. The molecule has 0 bridgehead atoms. The van der Waals surface area contributed by atoms with E-state index in [-0.39, 0.29) is 11.7 Å². The average molecular weight is 474 g/mol. The minimum atomic E-state index is -3.35. The lowest BCUT2D eigenvalue weighted by Gasteiger charge is -2.31. The zero-order chi connectivity index (χ0) is 23.6. The number of rotatable bonds is 7. The first kappa shape index (κ1) is 22.9. The first-order valence-electron chi connectivity index (χ1n) is 10.6. The normalized spacial score (nSPS) is 14.9. The van der Waals surface area contributed by atoms with Crippen LogP contribution >= 0.6 is 0 Å². The number of carbonyl (C=O) groups excluding carboxylic acids is 1. The van der Waals surface area contributed by atoms with E-state index < -0.39 is 15.1 Å². The van der Waals surface area contributed by atoms with Crippen LogP contribution in [0.4, 0.5) is 0 Å². The number of benzene rings is 1. The van der Waals surface area contributed by atoms with Crippen LogP contribution in [0, 0.1) is 0 Å². The van der Waals surface area contributed by atoms with Crippen molar-refractivity contribution in [2.45, 2.75) is 23.8 Å². The molecular weight excluding hydrogens is 446 g/mol. The summed E-state index contributed by atoms with van der Waals surface area (Å²) in [6.45, 7) is 0.730. The van der Waals surface area contributed by atoms with Crippen LogP contribution < -0.4 is 9.47 Å². The highest BCUT2D eigenvalue weighted by Gasteiger charge is 2.33. The van der Waals surface area contributed by atoms with Crippen LogP contribution in [0.15, 0.2) is 47.1 Å². The fourth-order valence-corrected chi connectivity index (χ4v) is 5.83.